The van der Waals surface area contributed by atoms with Crippen molar-refractivity contribution >= 4 is 11.9 Å². The summed E-state index contributed by atoms with van der Waals surface area (Å²) in [5.74, 6) is -3.98. The van der Waals surface area contributed by atoms with E-state index >= 15 is 0 Å². The molecule has 0 aromatic heterocycles. The Morgan fingerprint density at radius 2 is 2.16 bits per heavy atom. The second kappa shape index (κ2) is 6.63. The maximum atomic E-state index is 13.4. The van der Waals surface area contributed by atoms with Crippen molar-refractivity contribution in [1.29, 1.82) is 0 Å². The van der Waals surface area contributed by atoms with Crippen molar-refractivity contribution in [3.8, 4) is 0 Å². The molecule has 0 saturated heterocycles. The lowest BCUT2D eigenvalue weighted by Gasteiger charge is -2.15. The zero-order valence-electron chi connectivity index (χ0n) is 10.3. The van der Waals surface area contributed by atoms with Gasteiger partial charge in [0, 0.05) is 0 Å². The Labute approximate surface area is 109 Å². The zero-order chi connectivity index (χ0) is 14.4. The van der Waals surface area contributed by atoms with E-state index < -0.39 is 35.1 Å². The number of methoxy groups -OCH3 is 1. The standard InChI is InChI=1S/C13H13F2NO3/c1-3-5-10(13(18)19-2)16-12(17)8-6-4-7-9(14)11(8)15/h3-4,6-7,10H,1,5H2,2H3,(H,16,17)/t10-/m1/s1. The van der Waals surface area contributed by atoms with Gasteiger partial charge in [0.25, 0.3) is 5.91 Å². The van der Waals surface area contributed by atoms with Crippen molar-refractivity contribution in [2.24, 2.45) is 0 Å². The SMILES string of the molecule is C=CC[C@@H](NC(=O)c1cccc(F)c1F)C(=O)OC. The largest absolute Gasteiger partial charge is 0.467 e. The van der Waals surface area contributed by atoms with Crippen molar-refractivity contribution in [1.82, 2.24) is 5.32 Å². The number of rotatable bonds is 5. The number of carbonyl (C=O) groups excluding carboxylic acids is 2. The molecule has 0 bridgehead atoms. The fourth-order valence-corrected chi connectivity index (χ4v) is 1.44. The van der Waals surface area contributed by atoms with Crippen LogP contribution < -0.4 is 5.32 Å². The quantitative estimate of drug-likeness (QED) is 0.655. The molecule has 1 N–H and O–H groups in total. The molecule has 0 aliphatic heterocycles. The van der Waals surface area contributed by atoms with Crippen molar-refractivity contribution in [2.45, 2.75) is 12.5 Å². The lowest BCUT2D eigenvalue weighted by Crippen LogP contribution is -2.41. The van der Waals surface area contributed by atoms with Gasteiger partial charge in [-0.15, -0.1) is 6.58 Å². The normalized spacial score (nSPS) is 11.5. The Balaban J connectivity index is 2.90. The first-order valence-corrected chi connectivity index (χ1v) is 5.44. The average molecular weight is 269 g/mol. The number of carbonyl (C=O) groups is 2. The second-order valence-electron chi connectivity index (χ2n) is 3.67. The van der Waals surface area contributed by atoms with E-state index in [1.165, 1.54) is 12.1 Å². The summed E-state index contributed by atoms with van der Waals surface area (Å²) >= 11 is 0. The molecule has 0 aliphatic rings. The van der Waals surface area contributed by atoms with Crippen LogP contribution in [-0.4, -0.2) is 25.0 Å². The second-order valence-corrected chi connectivity index (χ2v) is 3.67. The first-order chi connectivity index (χ1) is 9.01. The first-order valence-electron chi connectivity index (χ1n) is 5.44. The highest BCUT2D eigenvalue weighted by Gasteiger charge is 2.23. The van der Waals surface area contributed by atoms with Crippen molar-refractivity contribution in [3.63, 3.8) is 0 Å². The number of nitrogens with one attached hydrogen (secondary N) is 1. The third-order valence-corrected chi connectivity index (χ3v) is 2.39. The third-order valence-electron chi connectivity index (χ3n) is 2.39. The van der Waals surface area contributed by atoms with E-state index in [0.29, 0.717) is 0 Å². The molecule has 4 nitrogen and oxygen atoms in total. The number of hydrogen-bond donors (Lipinski definition) is 1. The molecule has 0 aliphatic carbocycles. The minimum absolute atomic E-state index is 0.120. The molecule has 0 unspecified atom stereocenters. The van der Waals surface area contributed by atoms with Gasteiger partial charge in [-0.05, 0) is 18.6 Å². The average Bonchev–Trinajstić information content (AvgIpc) is 2.40. The highest BCUT2D eigenvalue weighted by atomic mass is 19.2. The molecule has 1 amide bonds. The van der Waals surface area contributed by atoms with Gasteiger partial charge in [-0.1, -0.05) is 12.1 Å². The van der Waals surface area contributed by atoms with Gasteiger partial charge in [0.05, 0.1) is 12.7 Å². The maximum Gasteiger partial charge on any atom is 0.328 e. The van der Waals surface area contributed by atoms with Gasteiger partial charge in [-0.25, -0.2) is 13.6 Å². The molecular weight excluding hydrogens is 256 g/mol. The molecular formula is C13H13F2NO3. The third kappa shape index (κ3) is 3.61. The first kappa shape index (κ1) is 14.8. The Morgan fingerprint density at radius 3 is 2.74 bits per heavy atom. The molecule has 0 fully saturated rings. The van der Waals surface area contributed by atoms with E-state index in [9.17, 15) is 18.4 Å². The van der Waals surface area contributed by atoms with Crippen LogP contribution in [0.1, 0.15) is 16.8 Å². The van der Waals surface area contributed by atoms with Gasteiger partial charge in [0.15, 0.2) is 11.6 Å². The summed E-state index contributed by atoms with van der Waals surface area (Å²) in [5, 5.41) is 2.26. The molecule has 102 valence electrons. The highest BCUT2D eigenvalue weighted by molar-refractivity contribution is 5.97. The van der Waals surface area contributed by atoms with E-state index in [1.54, 1.807) is 0 Å². The van der Waals surface area contributed by atoms with Crippen molar-refractivity contribution in [3.05, 3.63) is 48.1 Å². The monoisotopic (exact) mass is 269 g/mol. The van der Waals surface area contributed by atoms with Gasteiger partial charge in [-0.3, -0.25) is 4.79 Å². The van der Waals surface area contributed by atoms with Crippen molar-refractivity contribution < 1.29 is 23.1 Å². The van der Waals surface area contributed by atoms with Gasteiger partial charge < -0.3 is 10.1 Å². The number of hydrogen-bond acceptors (Lipinski definition) is 3. The summed E-state index contributed by atoms with van der Waals surface area (Å²) in [7, 11) is 1.16. The van der Waals surface area contributed by atoms with Crippen LogP contribution in [0.5, 0.6) is 0 Å². The number of halogens is 2. The fourth-order valence-electron chi connectivity index (χ4n) is 1.44. The number of benzene rings is 1. The zero-order valence-corrected chi connectivity index (χ0v) is 10.3. The summed E-state index contributed by atoms with van der Waals surface area (Å²) in [6, 6.07) is 2.23. The summed E-state index contributed by atoms with van der Waals surface area (Å²) in [6.45, 7) is 3.44. The van der Waals surface area contributed by atoms with Crippen LogP contribution in [0, 0.1) is 11.6 Å². The molecule has 1 atom stereocenters. The van der Waals surface area contributed by atoms with Gasteiger partial charge in [0.2, 0.25) is 0 Å². The molecule has 1 aromatic carbocycles. The van der Waals surface area contributed by atoms with Crippen LogP contribution in [-0.2, 0) is 9.53 Å². The lowest BCUT2D eigenvalue weighted by molar-refractivity contribution is -0.142. The summed E-state index contributed by atoms with van der Waals surface area (Å²) < 4.78 is 30.9. The number of ether oxygens (including phenoxy) is 1. The molecule has 0 heterocycles. The van der Waals surface area contributed by atoms with E-state index in [-0.39, 0.29) is 6.42 Å². The van der Waals surface area contributed by atoms with Crippen LogP contribution in [0.4, 0.5) is 8.78 Å². The van der Waals surface area contributed by atoms with E-state index in [4.69, 9.17) is 0 Å². The Bertz CT molecular complexity index is 503. The highest BCUT2D eigenvalue weighted by Crippen LogP contribution is 2.11. The van der Waals surface area contributed by atoms with Crippen LogP contribution in [0.3, 0.4) is 0 Å². The van der Waals surface area contributed by atoms with Crippen LogP contribution in [0.2, 0.25) is 0 Å². The molecule has 0 radical (unpaired) electrons. The van der Waals surface area contributed by atoms with E-state index in [2.05, 4.69) is 16.6 Å². The smallest absolute Gasteiger partial charge is 0.328 e. The Kier molecular flexibility index (Phi) is 5.17. The Morgan fingerprint density at radius 1 is 1.47 bits per heavy atom. The minimum atomic E-state index is -1.26. The molecule has 0 saturated carbocycles. The van der Waals surface area contributed by atoms with Crippen LogP contribution in [0.25, 0.3) is 0 Å². The minimum Gasteiger partial charge on any atom is -0.467 e. The molecule has 19 heavy (non-hydrogen) atoms. The Hall–Kier alpha value is -2.24. The number of amides is 1. The molecule has 1 aromatic rings. The molecule has 0 spiro atoms. The summed E-state index contributed by atoms with van der Waals surface area (Å²) in [5.41, 5.74) is -0.474. The maximum absolute atomic E-state index is 13.4. The van der Waals surface area contributed by atoms with E-state index in [1.807, 2.05) is 0 Å². The molecule has 1 rings (SSSR count). The fraction of sp³-hybridized carbons (Fsp3) is 0.231. The van der Waals surface area contributed by atoms with Crippen molar-refractivity contribution in [2.75, 3.05) is 7.11 Å². The van der Waals surface area contributed by atoms with Gasteiger partial charge >= 0.3 is 5.97 Å². The predicted octanol–water partition coefficient (Wildman–Crippen LogP) is 1.81. The lowest BCUT2D eigenvalue weighted by atomic mass is 10.1. The topological polar surface area (TPSA) is 55.4 Å². The van der Waals surface area contributed by atoms with Gasteiger partial charge in [-0.2, -0.15) is 0 Å². The van der Waals surface area contributed by atoms with Crippen LogP contribution in [0.15, 0.2) is 30.9 Å². The van der Waals surface area contributed by atoms with Gasteiger partial charge in [0.1, 0.15) is 6.04 Å². The van der Waals surface area contributed by atoms with Crippen LogP contribution >= 0.6 is 0 Å². The summed E-state index contributed by atoms with van der Waals surface area (Å²) in [4.78, 5) is 23.1. The predicted molar refractivity (Wildman–Crippen MR) is 64.4 cm³/mol. The number of esters is 1. The summed E-state index contributed by atoms with van der Waals surface area (Å²) in [6.07, 6.45) is 1.53. The molecule has 6 heteroatoms. The van der Waals surface area contributed by atoms with E-state index in [0.717, 1.165) is 19.2 Å².